The molecule has 1 heterocycles. The number of rotatable bonds is 2. The van der Waals surface area contributed by atoms with Crippen molar-refractivity contribution in [1.82, 2.24) is 4.98 Å². The van der Waals surface area contributed by atoms with Crippen LogP contribution in [0.3, 0.4) is 0 Å². The van der Waals surface area contributed by atoms with Crippen LogP contribution in [-0.2, 0) is 6.18 Å². The van der Waals surface area contributed by atoms with Crippen LogP contribution in [0.25, 0.3) is 0 Å². The Balaban J connectivity index is 3.06. The predicted molar refractivity (Wildman–Crippen MR) is 57.7 cm³/mol. The molecule has 0 aromatic carbocycles. The van der Waals surface area contributed by atoms with Crippen molar-refractivity contribution in [2.24, 2.45) is 0 Å². The van der Waals surface area contributed by atoms with Crippen molar-refractivity contribution in [2.45, 2.75) is 26.1 Å². The lowest BCUT2D eigenvalue weighted by atomic mass is 10.3. The average molecular weight is 331 g/mol. The monoisotopic (exact) mass is 331 g/mol. The van der Waals surface area contributed by atoms with Crippen LogP contribution in [0.2, 0.25) is 0 Å². The summed E-state index contributed by atoms with van der Waals surface area (Å²) in [5, 5.41) is 0. The molecule has 15 heavy (non-hydrogen) atoms. The quantitative estimate of drug-likeness (QED) is 0.774. The average Bonchev–Trinajstić information content (AvgIpc) is 1.99. The van der Waals surface area contributed by atoms with E-state index in [0.717, 1.165) is 6.07 Å². The first-order valence-electron chi connectivity index (χ1n) is 4.20. The molecule has 0 aliphatic rings. The van der Waals surface area contributed by atoms with Gasteiger partial charge in [-0.2, -0.15) is 13.2 Å². The van der Waals surface area contributed by atoms with Gasteiger partial charge in [0.2, 0.25) is 5.88 Å². The Bertz CT molecular complexity index is 352. The molecule has 6 heteroatoms. The number of alkyl halides is 3. The predicted octanol–water partition coefficient (Wildman–Crippen LogP) is 3.49. The van der Waals surface area contributed by atoms with Crippen LogP contribution in [0.4, 0.5) is 13.2 Å². The topological polar surface area (TPSA) is 22.1 Å². The summed E-state index contributed by atoms with van der Waals surface area (Å²) in [6, 6.07) is 2.45. The molecule has 0 N–H and O–H groups in total. The van der Waals surface area contributed by atoms with Gasteiger partial charge in [0.15, 0.2) is 0 Å². The minimum absolute atomic E-state index is 0.00391. The summed E-state index contributed by atoms with van der Waals surface area (Å²) < 4.78 is 42.7. The summed E-state index contributed by atoms with van der Waals surface area (Å²) in [6.07, 6.45) is -4.63. The zero-order valence-corrected chi connectivity index (χ0v) is 10.3. The highest BCUT2D eigenvalue weighted by Crippen LogP contribution is 2.30. The van der Waals surface area contributed by atoms with Crippen molar-refractivity contribution in [2.75, 3.05) is 0 Å². The molecule has 0 radical (unpaired) electrons. The first-order chi connectivity index (χ1) is 6.79. The molecule has 0 bridgehead atoms. The molecular weight excluding hydrogens is 322 g/mol. The summed E-state index contributed by atoms with van der Waals surface area (Å²) in [5.74, 6) is 0.00391. The molecule has 0 fully saturated rings. The molecular formula is C9H9F3INO. The molecule has 0 unspecified atom stereocenters. The third-order valence-electron chi connectivity index (χ3n) is 1.41. The van der Waals surface area contributed by atoms with Crippen molar-refractivity contribution in [1.29, 1.82) is 0 Å². The Kier molecular flexibility index (Phi) is 3.80. The van der Waals surface area contributed by atoms with Crippen molar-refractivity contribution >= 4 is 22.6 Å². The standard InChI is InChI=1S/C9H9F3INO/c1-5(2)15-8-4-6(13)3-7(14-8)9(10,11)12/h3-5H,1-2H3. The molecule has 0 saturated carbocycles. The Morgan fingerprint density at radius 2 is 1.93 bits per heavy atom. The van der Waals surface area contributed by atoms with Crippen molar-refractivity contribution < 1.29 is 17.9 Å². The molecule has 0 aliphatic heterocycles. The van der Waals surface area contributed by atoms with E-state index >= 15 is 0 Å². The number of ether oxygens (including phenoxy) is 1. The lowest BCUT2D eigenvalue weighted by Gasteiger charge is -2.12. The van der Waals surface area contributed by atoms with Crippen molar-refractivity contribution in [3.8, 4) is 5.88 Å². The van der Waals surface area contributed by atoms with E-state index in [1.54, 1.807) is 36.4 Å². The van der Waals surface area contributed by atoms with Crippen LogP contribution in [-0.4, -0.2) is 11.1 Å². The lowest BCUT2D eigenvalue weighted by Crippen LogP contribution is -2.12. The fraction of sp³-hybridized carbons (Fsp3) is 0.444. The normalized spacial score (nSPS) is 11.9. The molecule has 1 rings (SSSR count). The summed E-state index contributed by atoms with van der Waals surface area (Å²) in [6.45, 7) is 3.46. The van der Waals surface area contributed by atoms with Crippen LogP contribution in [0.1, 0.15) is 19.5 Å². The third-order valence-corrected chi connectivity index (χ3v) is 2.04. The van der Waals surface area contributed by atoms with Gasteiger partial charge in [-0.05, 0) is 42.5 Å². The van der Waals surface area contributed by atoms with E-state index in [1.807, 2.05) is 0 Å². The zero-order valence-electron chi connectivity index (χ0n) is 8.10. The maximum Gasteiger partial charge on any atom is 0.433 e. The minimum Gasteiger partial charge on any atom is -0.475 e. The molecule has 2 nitrogen and oxygen atoms in total. The fourth-order valence-electron chi connectivity index (χ4n) is 0.921. The number of hydrogen-bond acceptors (Lipinski definition) is 2. The number of hydrogen-bond donors (Lipinski definition) is 0. The van der Waals surface area contributed by atoms with Crippen LogP contribution in [0, 0.1) is 3.57 Å². The Hall–Kier alpha value is -0.530. The summed E-state index contributed by atoms with van der Waals surface area (Å²) in [7, 11) is 0. The van der Waals surface area contributed by atoms with Gasteiger partial charge in [-0.15, -0.1) is 0 Å². The molecule has 1 aromatic rings. The van der Waals surface area contributed by atoms with Crippen LogP contribution in [0.15, 0.2) is 12.1 Å². The van der Waals surface area contributed by atoms with E-state index in [1.165, 1.54) is 6.07 Å². The SMILES string of the molecule is CC(C)Oc1cc(I)cc(C(F)(F)F)n1. The summed E-state index contributed by atoms with van der Waals surface area (Å²) in [5.41, 5.74) is -0.926. The van der Waals surface area contributed by atoms with E-state index in [9.17, 15) is 13.2 Å². The van der Waals surface area contributed by atoms with Gasteiger partial charge >= 0.3 is 6.18 Å². The molecule has 84 valence electrons. The van der Waals surface area contributed by atoms with E-state index in [2.05, 4.69) is 4.98 Å². The maximum absolute atomic E-state index is 12.4. The van der Waals surface area contributed by atoms with Gasteiger partial charge in [0, 0.05) is 9.64 Å². The highest BCUT2D eigenvalue weighted by Gasteiger charge is 2.33. The van der Waals surface area contributed by atoms with Crippen LogP contribution in [0.5, 0.6) is 5.88 Å². The number of nitrogens with zero attached hydrogens (tertiary/aromatic N) is 1. The molecule has 0 atom stereocenters. The second-order valence-corrected chi connectivity index (χ2v) is 4.42. The van der Waals surface area contributed by atoms with Gasteiger partial charge in [0.25, 0.3) is 0 Å². The van der Waals surface area contributed by atoms with E-state index < -0.39 is 11.9 Å². The molecule has 1 aromatic heterocycles. The Morgan fingerprint density at radius 1 is 1.33 bits per heavy atom. The molecule has 0 aliphatic carbocycles. The minimum atomic E-state index is -4.43. The van der Waals surface area contributed by atoms with Gasteiger partial charge in [-0.25, -0.2) is 4.98 Å². The smallest absolute Gasteiger partial charge is 0.433 e. The summed E-state index contributed by atoms with van der Waals surface area (Å²) >= 11 is 1.80. The first-order valence-corrected chi connectivity index (χ1v) is 5.28. The van der Waals surface area contributed by atoms with E-state index in [0.29, 0.717) is 3.57 Å². The Morgan fingerprint density at radius 3 is 2.40 bits per heavy atom. The van der Waals surface area contributed by atoms with Gasteiger partial charge in [-0.1, -0.05) is 0 Å². The third kappa shape index (κ3) is 3.84. The molecule has 0 saturated heterocycles. The van der Waals surface area contributed by atoms with Gasteiger partial charge in [-0.3, -0.25) is 0 Å². The highest BCUT2D eigenvalue weighted by molar-refractivity contribution is 14.1. The lowest BCUT2D eigenvalue weighted by molar-refractivity contribution is -0.141. The Labute approximate surface area is 99.0 Å². The highest BCUT2D eigenvalue weighted by atomic mass is 127. The summed E-state index contributed by atoms with van der Waals surface area (Å²) in [4.78, 5) is 3.39. The molecule has 0 spiro atoms. The number of pyridine rings is 1. The van der Waals surface area contributed by atoms with Crippen LogP contribution < -0.4 is 4.74 Å². The van der Waals surface area contributed by atoms with E-state index in [-0.39, 0.29) is 12.0 Å². The second-order valence-electron chi connectivity index (χ2n) is 3.17. The van der Waals surface area contributed by atoms with Gasteiger partial charge in [0.1, 0.15) is 5.69 Å². The van der Waals surface area contributed by atoms with Crippen molar-refractivity contribution in [3.63, 3.8) is 0 Å². The maximum atomic E-state index is 12.4. The van der Waals surface area contributed by atoms with Crippen LogP contribution >= 0.6 is 22.6 Å². The number of halogens is 4. The van der Waals surface area contributed by atoms with Gasteiger partial charge in [0.05, 0.1) is 6.10 Å². The van der Waals surface area contributed by atoms with E-state index in [4.69, 9.17) is 4.74 Å². The van der Waals surface area contributed by atoms with Crippen molar-refractivity contribution in [3.05, 3.63) is 21.4 Å². The van der Waals surface area contributed by atoms with Gasteiger partial charge < -0.3 is 4.74 Å². The first kappa shape index (κ1) is 12.5. The fourth-order valence-corrected chi connectivity index (χ4v) is 1.48. The largest absolute Gasteiger partial charge is 0.475 e. The number of aromatic nitrogens is 1. The molecule has 0 amide bonds. The zero-order chi connectivity index (χ0) is 11.6. The second kappa shape index (κ2) is 4.54.